The number of likely N-dealkylation sites (tertiary alicyclic amines) is 2. The predicted octanol–water partition coefficient (Wildman–Crippen LogP) is 1.44. The Bertz CT molecular complexity index is 712. The minimum atomic E-state index is -0.0543. The fourth-order valence-corrected chi connectivity index (χ4v) is 3.99. The van der Waals surface area contributed by atoms with Crippen LogP contribution in [0.25, 0.3) is 0 Å². The van der Waals surface area contributed by atoms with Gasteiger partial charge in [0.2, 0.25) is 5.91 Å². The van der Waals surface area contributed by atoms with E-state index in [2.05, 4.69) is 4.98 Å². The first-order chi connectivity index (χ1) is 12.6. The first-order valence-electron chi connectivity index (χ1n) is 8.99. The monoisotopic (exact) mass is 356 g/mol. The molecule has 2 amide bonds. The molecule has 3 rings (SSSR count). The number of ether oxygens (including phenoxy) is 1. The molecular formula is C19H24N4O3. The normalized spacial score (nSPS) is 23.2. The van der Waals surface area contributed by atoms with E-state index in [1.165, 1.54) is 6.20 Å². The van der Waals surface area contributed by atoms with Crippen LogP contribution in [0.1, 0.15) is 41.7 Å². The lowest BCUT2D eigenvalue weighted by Gasteiger charge is -2.48. The van der Waals surface area contributed by atoms with Crippen LogP contribution in [0.15, 0.2) is 18.3 Å². The summed E-state index contributed by atoms with van der Waals surface area (Å²) in [5, 5.41) is 8.84. The molecule has 138 valence electrons. The molecule has 0 radical (unpaired) electrons. The van der Waals surface area contributed by atoms with Crippen molar-refractivity contribution in [2.75, 3.05) is 39.9 Å². The van der Waals surface area contributed by atoms with E-state index in [4.69, 9.17) is 10.00 Å². The second-order valence-corrected chi connectivity index (χ2v) is 7.18. The van der Waals surface area contributed by atoms with Crippen LogP contribution in [0.5, 0.6) is 0 Å². The summed E-state index contributed by atoms with van der Waals surface area (Å²) in [6.45, 7) is 3.19. The van der Waals surface area contributed by atoms with Gasteiger partial charge in [-0.15, -0.1) is 0 Å². The van der Waals surface area contributed by atoms with Crippen LogP contribution in [0, 0.1) is 16.7 Å². The molecule has 2 aliphatic heterocycles. The Balaban J connectivity index is 1.70. The van der Waals surface area contributed by atoms with Gasteiger partial charge in [0.1, 0.15) is 11.8 Å². The van der Waals surface area contributed by atoms with E-state index in [0.717, 1.165) is 19.3 Å². The molecule has 3 heterocycles. The van der Waals surface area contributed by atoms with Gasteiger partial charge >= 0.3 is 0 Å². The minimum absolute atomic E-state index is 0.0322. The first-order valence-corrected chi connectivity index (χ1v) is 8.99. The van der Waals surface area contributed by atoms with Crippen molar-refractivity contribution in [1.29, 1.82) is 5.26 Å². The number of methoxy groups -OCH3 is 1. The molecule has 1 aromatic heterocycles. The van der Waals surface area contributed by atoms with Crippen molar-refractivity contribution in [2.24, 2.45) is 5.41 Å². The molecule has 0 aromatic carbocycles. The van der Waals surface area contributed by atoms with Gasteiger partial charge in [-0.05, 0) is 31.4 Å². The third-order valence-electron chi connectivity index (χ3n) is 5.39. The Morgan fingerprint density at radius 2 is 2.23 bits per heavy atom. The molecule has 0 bridgehead atoms. The number of nitriles is 1. The maximum atomic E-state index is 12.8. The number of piperidine rings is 2. The molecule has 7 nitrogen and oxygen atoms in total. The lowest BCUT2D eigenvalue weighted by Crippen LogP contribution is -2.55. The van der Waals surface area contributed by atoms with Gasteiger partial charge in [0.25, 0.3) is 5.91 Å². The second-order valence-electron chi connectivity index (χ2n) is 7.18. The zero-order valence-corrected chi connectivity index (χ0v) is 15.1. The summed E-state index contributed by atoms with van der Waals surface area (Å²) in [5.41, 5.74) is 0.774. The Morgan fingerprint density at radius 3 is 2.92 bits per heavy atom. The van der Waals surface area contributed by atoms with Gasteiger partial charge in [-0.2, -0.15) is 5.26 Å². The van der Waals surface area contributed by atoms with Crippen LogP contribution in [-0.4, -0.2) is 66.5 Å². The number of carbonyl (C=O) groups excluding carboxylic acids is 2. The van der Waals surface area contributed by atoms with Crippen LogP contribution in [0.2, 0.25) is 0 Å². The average molecular weight is 356 g/mol. The van der Waals surface area contributed by atoms with Crippen molar-refractivity contribution in [3.63, 3.8) is 0 Å². The van der Waals surface area contributed by atoms with Gasteiger partial charge in [-0.3, -0.25) is 9.59 Å². The van der Waals surface area contributed by atoms with E-state index in [1.54, 1.807) is 19.2 Å². The molecule has 7 heteroatoms. The van der Waals surface area contributed by atoms with Crippen molar-refractivity contribution in [3.05, 3.63) is 29.6 Å². The molecule has 0 aliphatic carbocycles. The second kappa shape index (κ2) is 7.83. The van der Waals surface area contributed by atoms with Gasteiger partial charge in [-0.25, -0.2) is 4.98 Å². The standard InChI is InChI=1S/C19H24N4O3/c1-26-10-9-22-13-19(7-5-17(22)24)6-2-8-23(14-19)18(25)15-3-4-16(11-20)21-12-15/h3-4,12H,2,5-10,13-14H2,1H3/t19-/m1/s1. The maximum Gasteiger partial charge on any atom is 0.255 e. The molecule has 1 atom stereocenters. The molecule has 26 heavy (non-hydrogen) atoms. The van der Waals surface area contributed by atoms with Crippen molar-refractivity contribution in [1.82, 2.24) is 14.8 Å². The molecule has 1 aromatic rings. The SMILES string of the molecule is COCCN1C[C@@]2(CCCN(C(=O)c3ccc(C#N)nc3)C2)CCC1=O. The first kappa shape index (κ1) is 18.3. The van der Waals surface area contributed by atoms with Crippen LogP contribution < -0.4 is 0 Å². The summed E-state index contributed by atoms with van der Waals surface area (Å²) < 4.78 is 5.12. The fraction of sp³-hybridized carbons (Fsp3) is 0.579. The van der Waals surface area contributed by atoms with E-state index in [1.807, 2.05) is 15.9 Å². The summed E-state index contributed by atoms with van der Waals surface area (Å²) in [5.74, 6) is 0.119. The van der Waals surface area contributed by atoms with E-state index >= 15 is 0 Å². The number of amides is 2. The zero-order chi connectivity index (χ0) is 18.6. The van der Waals surface area contributed by atoms with Crippen LogP contribution in [0.4, 0.5) is 0 Å². The number of hydrogen-bond acceptors (Lipinski definition) is 5. The van der Waals surface area contributed by atoms with Gasteiger partial charge < -0.3 is 14.5 Å². The van der Waals surface area contributed by atoms with Crippen molar-refractivity contribution < 1.29 is 14.3 Å². The Morgan fingerprint density at radius 1 is 1.38 bits per heavy atom. The number of hydrogen-bond donors (Lipinski definition) is 0. The number of nitrogens with zero attached hydrogens (tertiary/aromatic N) is 4. The number of rotatable bonds is 4. The maximum absolute atomic E-state index is 12.8. The Kier molecular flexibility index (Phi) is 5.52. The number of carbonyl (C=O) groups is 2. The van der Waals surface area contributed by atoms with Crippen molar-refractivity contribution in [2.45, 2.75) is 25.7 Å². The molecule has 1 spiro atoms. The van der Waals surface area contributed by atoms with E-state index in [9.17, 15) is 9.59 Å². The summed E-state index contributed by atoms with van der Waals surface area (Å²) in [6.07, 6.45) is 4.78. The lowest BCUT2D eigenvalue weighted by atomic mass is 9.73. The van der Waals surface area contributed by atoms with Crippen molar-refractivity contribution in [3.8, 4) is 6.07 Å². The topological polar surface area (TPSA) is 86.5 Å². The Hall–Kier alpha value is -2.46. The zero-order valence-electron chi connectivity index (χ0n) is 15.1. The summed E-state index contributed by atoms with van der Waals surface area (Å²) >= 11 is 0. The fourth-order valence-electron chi connectivity index (χ4n) is 3.99. The highest BCUT2D eigenvalue weighted by molar-refractivity contribution is 5.94. The highest BCUT2D eigenvalue weighted by atomic mass is 16.5. The largest absolute Gasteiger partial charge is 0.383 e. The molecular weight excluding hydrogens is 332 g/mol. The summed E-state index contributed by atoms with van der Waals surface area (Å²) in [4.78, 5) is 32.8. The molecule has 2 saturated heterocycles. The quantitative estimate of drug-likeness (QED) is 0.815. The van der Waals surface area contributed by atoms with Gasteiger partial charge in [-0.1, -0.05) is 0 Å². The summed E-state index contributed by atoms with van der Waals surface area (Å²) in [6, 6.07) is 5.19. The average Bonchev–Trinajstić information content (AvgIpc) is 2.68. The summed E-state index contributed by atoms with van der Waals surface area (Å²) in [7, 11) is 1.64. The Labute approximate surface area is 153 Å². The smallest absolute Gasteiger partial charge is 0.255 e. The van der Waals surface area contributed by atoms with Gasteiger partial charge in [0, 0.05) is 51.3 Å². The van der Waals surface area contributed by atoms with Crippen LogP contribution in [0.3, 0.4) is 0 Å². The molecule has 2 fully saturated rings. The minimum Gasteiger partial charge on any atom is -0.383 e. The van der Waals surface area contributed by atoms with Gasteiger partial charge in [0.05, 0.1) is 12.2 Å². The third kappa shape index (κ3) is 3.86. The van der Waals surface area contributed by atoms with Crippen LogP contribution >= 0.6 is 0 Å². The molecule has 0 saturated carbocycles. The molecule has 2 aliphatic rings. The highest BCUT2D eigenvalue weighted by Crippen LogP contribution is 2.39. The molecule has 0 N–H and O–H groups in total. The molecule has 0 unspecified atom stereocenters. The van der Waals surface area contributed by atoms with Crippen LogP contribution in [-0.2, 0) is 9.53 Å². The highest BCUT2D eigenvalue weighted by Gasteiger charge is 2.42. The van der Waals surface area contributed by atoms with Gasteiger partial charge in [0.15, 0.2) is 0 Å². The van der Waals surface area contributed by atoms with E-state index < -0.39 is 0 Å². The number of pyridine rings is 1. The third-order valence-corrected chi connectivity index (χ3v) is 5.39. The van der Waals surface area contributed by atoms with Crippen molar-refractivity contribution >= 4 is 11.8 Å². The lowest BCUT2D eigenvalue weighted by molar-refractivity contribution is -0.139. The number of aromatic nitrogens is 1. The van der Waals surface area contributed by atoms with E-state index in [-0.39, 0.29) is 17.2 Å². The predicted molar refractivity (Wildman–Crippen MR) is 94.2 cm³/mol. The van der Waals surface area contributed by atoms with E-state index in [0.29, 0.717) is 50.5 Å².